The van der Waals surface area contributed by atoms with Crippen molar-refractivity contribution in [2.24, 2.45) is 0 Å². The van der Waals surface area contributed by atoms with E-state index in [-0.39, 0.29) is 6.10 Å². The number of carbonyl (C=O) groups is 1. The first-order chi connectivity index (χ1) is 4.25. The van der Waals surface area contributed by atoms with Gasteiger partial charge in [0.25, 0.3) is 0 Å². The van der Waals surface area contributed by atoms with Gasteiger partial charge in [0, 0.05) is 0 Å². The lowest BCUT2D eigenvalue weighted by Crippen LogP contribution is -2.27. The van der Waals surface area contributed by atoms with Crippen molar-refractivity contribution < 1.29 is 19.4 Å². The molecule has 1 rings (SSSR count). The molecule has 1 N–H and O–H groups in total. The molecular weight excluding hydrogens is 124 g/mol. The van der Waals surface area contributed by atoms with Gasteiger partial charge in [0.1, 0.15) is 6.10 Å². The Labute approximate surface area is 52.4 Å². The maximum absolute atomic E-state index is 10.4. The molecular formula is C5H8O4. The largest absolute Gasteiger partial charge is 0.467 e. The van der Waals surface area contributed by atoms with Crippen molar-refractivity contribution in [3.8, 4) is 0 Å². The van der Waals surface area contributed by atoms with Crippen LogP contribution in [-0.4, -0.2) is 37.0 Å². The van der Waals surface area contributed by atoms with Crippen LogP contribution in [0.4, 0.5) is 0 Å². The molecule has 4 heteroatoms. The van der Waals surface area contributed by atoms with E-state index in [2.05, 4.69) is 9.47 Å². The Morgan fingerprint density at radius 1 is 2.00 bits per heavy atom. The molecule has 0 aromatic heterocycles. The molecule has 2 unspecified atom stereocenters. The predicted octanol–water partition coefficient (Wildman–Crippen LogP) is -1.08. The number of esters is 1. The number of epoxide rings is 1. The van der Waals surface area contributed by atoms with Crippen LogP contribution in [0.1, 0.15) is 0 Å². The van der Waals surface area contributed by atoms with Gasteiger partial charge in [-0.15, -0.1) is 0 Å². The Bertz CT molecular complexity index is 118. The fraction of sp³-hybridized carbons (Fsp3) is 0.800. The first-order valence-corrected chi connectivity index (χ1v) is 2.63. The van der Waals surface area contributed by atoms with Gasteiger partial charge < -0.3 is 14.6 Å². The second kappa shape index (κ2) is 2.33. The summed E-state index contributed by atoms with van der Waals surface area (Å²) in [5, 5.41) is 8.86. The second-order valence-corrected chi connectivity index (χ2v) is 1.84. The molecule has 9 heavy (non-hydrogen) atoms. The van der Waals surface area contributed by atoms with E-state index in [0.717, 1.165) is 0 Å². The SMILES string of the molecule is COC(=O)C(O)C1CO1. The van der Waals surface area contributed by atoms with E-state index in [1.165, 1.54) is 7.11 Å². The zero-order valence-electron chi connectivity index (χ0n) is 5.03. The molecule has 0 aliphatic carbocycles. The standard InChI is InChI=1S/C5H8O4/c1-8-5(7)4(6)3-2-9-3/h3-4,6H,2H2,1H3. The molecule has 1 fully saturated rings. The van der Waals surface area contributed by atoms with Gasteiger partial charge in [-0.3, -0.25) is 0 Å². The van der Waals surface area contributed by atoms with E-state index in [4.69, 9.17) is 5.11 Å². The fourth-order valence-electron chi connectivity index (χ4n) is 0.510. The van der Waals surface area contributed by atoms with Crippen molar-refractivity contribution in [3.63, 3.8) is 0 Å². The Balaban J connectivity index is 2.30. The monoisotopic (exact) mass is 132 g/mol. The van der Waals surface area contributed by atoms with Gasteiger partial charge in [0.05, 0.1) is 13.7 Å². The van der Waals surface area contributed by atoms with Gasteiger partial charge in [0.2, 0.25) is 0 Å². The number of rotatable bonds is 2. The van der Waals surface area contributed by atoms with Crippen LogP contribution in [0.5, 0.6) is 0 Å². The Morgan fingerprint density at radius 2 is 2.56 bits per heavy atom. The predicted molar refractivity (Wildman–Crippen MR) is 27.8 cm³/mol. The Kier molecular flexibility index (Phi) is 1.68. The highest BCUT2D eigenvalue weighted by Gasteiger charge is 2.36. The van der Waals surface area contributed by atoms with Crippen LogP contribution in [-0.2, 0) is 14.3 Å². The van der Waals surface area contributed by atoms with Gasteiger partial charge in [0.15, 0.2) is 6.10 Å². The highest BCUT2D eigenvalue weighted by molar-refractivity contribution is 5.75. The highest BCUT2D eigenvalue weighted by Crippen LogP contribution is 2.14. The Morgan fingerprint density at radius 3 is 2.89 bits per heavy atom. The normalized spacial score (nSPS) is 27.1. The van der Waals surface area contributed by atoms with Crippen LogP contribution in [0, 0.1) is 0 Å². The molecule has 1 aliphatic heterocycles. The summed E-state index contributed by atoms with van der Waals surface area (Å²) in [5.74, 6) is -0.627. The third kappa shape index (κ3) is 1.40. The molecule has 0 amide bonds. The molecule has 0 bridgehead atoms. The van der Waals surface area contributed by atoms with E-state index in [0.29, 0.717) is 6.61 Å². The van der Waals surface area contributed by atoms with Crippen LogP contribution in [0.15, 0.2) is 0 Å². The number of aliphatic hydroxyl groups is 1. The van der Waals surface area contributed by atoms with Crippen molar-refractivity contribution in [2.45, 2.75) is 12.2 Å². The number of methoxy groups -OCH3 is 1. The van der Waals surface area contributed by atoms with Gasteiger partial charge in [-0.1, -0.05) is 0 Å². The second-order valence-electron chi connectivity index (χ2n) is 1.84. The molecule has 1 saturated heterocycles. The minimum atomic E-state index is -1.09. The van der Waals surface area contributed by atoms with E-state index in [1.54, 1.807) is 0 Å². The first-order valence-electron chi connectivity index (χ1n) is 2.63. The number of carbonyl (C=O) groups excluding carboxylic acids is 1. The lowest BCUT2D eigenvalue weighted by atomic mass is 10.3. The zero-order valence-corrected chi connectivity index (χ0v) is 5.03. The van der Waals surface area contributed by atoms with Crippen LogP contribution < -0.4 is 0 Å². The van der Waals surface area contributed by atoms with Crippen LogP contribution in [0.25, 0.3) is 0 Å². The molecule has 0 spiro atoms. The number of hydrogen-bond acceptors (Lipinski definition) is 4. The Hall–Kier alpha value is -0.610. The fourth-order valence-corrected chi connectivity index (χ4v) is 0.510. The number of aliphatic hydroxyl groups excluding tert-OH is 1. The van der Waals surface area contributed by atoms with Crippen LogP contribution in [0.2, 0.25) is 0 Å². The maximum Gasteiger partial charge on any atom is 0.337 e. The molecule has 2 atom stereocenters. The molecule has 0 aromatic carbocycles. The van der Waals surface area contributed by atoms with Crippen LogP contribution >= 0.6 is 0 Å². The van der Waals surface area contributed by atoms with E-state index in [9.17, 15) is 4.79 Å². The van der Waals surface area contributed by atoms with E-state index < -0.39 is 12.1 Å². The average molecular weight is 132 g/mol. The molecule has 0 radical (unpaired) electrons. The summed E-state index contributed by atoms with van der Waals surface area (Å²) >= 11 is 0. The van der Waals surface area contributed by atoms with E-state index >= 15 is 0 Å². The van der Waals surface area contributed by atoms with Crippen LogP contribution in [0.3, 0.4) is 0 Å². The summed E-state index contributed by atoms with van der Waals surface area (Å²) in [6.07, 6.45) is -1.41. The lowest BCUT2D eigenvalue weighted by Gasteiger charge is -2.01. The third-order valence-electron chi connectivity index (χ3n) is 1.15. The minimum Gasteiger partial charge on any atom is -0.467 e. The van der Waals surface area contributed by atoms with Gasteiger partial charge in [-0.05, 0) is 0 Å². The van der Waals surface area contributed by atoms with Crippen molar-refractivity contribution >= 4 is 5.97 Å². The molecule has 4 nitrogen and oxygen atoms in total. The average Bonchev–Trinajstić information content (AvgIpc) is 2.66. The topological polar surface area (TPSA) is 59.1 Å². The summed E-state index contributed by atoms with van der Waals surface area (Å²) in [5.41, 5.74) is 0. The lowest BCUT2D eigenvalue weighted by molar-refractivity contribution is -0.151. The van der Waals surface area contributed by atoms with Crippen molar-refractivity contribution in [1.29, 1.82) is 0 Å². The summed E-state index contributed by atoms with van der Waals surface area (Å²) in [6.45, 7) is 0.455. The van der Waals surface area contributed by atoms with Crippen molar-refractivity contribution in [1.82, 2.24) is 0 Å². The molecule has 52 valence electrons. The molecule has 1 aliphatic rings. The highest BCUT2D eigenvalue weighted by atomic mass is 16.6. The summed E-state index contributed by atoms with van der Waals surface area (Å²) < 4.78 is 8.89. The summed E-state index contributed by atoms with van der Waals surface area (Å²) in [4.78, 5) is 10.4. The van der Waals surface area contributed by atoms with E-state index in [1.807, 2.05) is 0 Å². The molecule has 0 saturated carbocycles. The van der Waals surface area contributed by atoms with Gasteiger partial charge in [-0.25, -0.2) is 4.79 Å². The van der Waals surface area contributed by atoms with Crippen molar-refractivity contribution in [2.75, 3.05) is 13.7 Å². The number of hydrogen-bond donors (Lipinski definition) is 1. The van der Waals surface area contributed by atoms with Gasteiger partial charge in [-0.2, -0.15) is 0 Å². The quantitative estimate of drug-likeness (QED) is 0.383. The summed E-state index contributed by atoms with van der Waals surface area (Å²) in [7, 11) is 1.23. The van der Waals surface area contributed by atoms with Gasteiger partial charge >= 0.3 is 5.97 Å². The third-order valence-corrected chi connectivity index (χ3v) is 1.15. The maximum atomic E-state index is 10.4. The molecule has 0 aromatic rings. The zero-order chi connectivity index (χ0) is 6.85. The minimum absolute atomic E-state index is 0.322. The smallest absolute Gasteiger partial charge is 0.337 e. The first kappa shape index (κ1) is 6.51. The summed E-state index contributed by atoms with van der Waals surface area (Å²) in [6, 6.07) is 0. The van der Waals surface area contributed by atoms with Crippen molar-refractivity contribution in [3.05, 3.63) is 0 Å². The molecule has 1 heterocycles. The number of ether oxygens (including phenoxy) is 2.